The van der Waals surface area contributed by atoms with Gasteiger partial charge in [-0.05, 0) is 27.7 Å². The molecule has 0 fully saturated rings. The summed E-state index contributed by atoms with van der Waals surface area (Å²) >= 11 is 0. The maximum Gasteiger partial charge on any atom is 0.136 e. The molecule has 0 saturated carbocycles. The second-order valence-electron chi connectivity index (χ2n) is 3.92. The van der Waals surface area contributed by atoms with E-state index in [4.69, 9.17) is 5.26 Å². The van der Waals surface area contributed by atoms with E-state index in [-0.39, 0.29) is 0 Å². The number of hydrogen-bond donors (Lipinski definition) is 0. The van der Waals surface area contributed by atoms with Crippen LogP contribution >= 0.6 is 0 Å². The first-order valence-corrected chi connectivity index (χ1v) is 3.80. The molecule has 1 aliphatic heterocycles. The third kappa shape index (κ3) is 1.02. The van der Waals surface area contributed by atoms with Gasteiger partial charge in [-0.2, -0.15) is 5.26 Å². The van der Waals surface area contributed by atoms with Crippen molar-refractivity contribution in [3.05, 3.63) is 0 Å². The molecule has 0 aromatic heterocycles. The van der Waals surface area contributed by atoms with Crippen molar-refractivity contribution in [3.8, 4) is 6.07 Å². The minimum atomic E-state index is -0.797. The van der Waals surface area contributed by atoms with Crippen LogP contribution in [0.25, 0.3) is 0 Å². The van der Waals surface area contributed by atoms with Gasteiger partial charge in [-0.15, -0.1) is 10.3 Å². The molecular formula is C8H12N3O. The Balaban J connectivity index is 3.14. The maximum absolute atomic E-state index is 11.6. The summed E-state index contributed by atoms with van der Waals surface area (Å²) in [7, 11) is 0. The maximum atomic E-state index is 11.6. The topological polar surface area (TPSA) is 59.3 Å². The van der Waals surface area contributed by atoms with Crippen molar-refractivity contribution in [2.45, 2.75) is 38.9 Å². The lowest BCUT2D eigenvalue weighted by Gasteiger charge is -2.29. The third-order valence-electron chi connectivity index (χ3n) is 2.08. The van der Waals surface area contributed by atoms with Gasteiger partial charge in [0.05, 0.1) is 5.54 Å². The lowest BCUT2D eigenvalue weighted by atomic mass is 10.00. The van der Waals surface area contributed by atoms with Crippen LogP contribution in [0.2, 0.25) is 0 Å². The zero-order chi connectivity index (χ0) is 9.57. The van der Waals surface area contributed by atoms with Crippen LogP contribution in [-0.4, -0.2) is 22.0 Å². The summed E-state index contributed by atoms with van der Waals surface area (Å²) in [6.45, 7) is 6.81. The third-order valence-corrected chi connectivity index (χ3v) is 2.08. The van der Waals surface area contributed by atoms with Crippen molar-refractivity contribution in [2.75, 3.05) is 0 Å². The first-order chi connectivity index (χ1) is 5.32. The van der Waals surface area contributed by atoms with Crippen LogP contribution in [0.4, 0.5) is 0 Å². The molecule has 0 aromatic carbocycles. The summed E-state index contributed by atoms with van der Waals surface area (Å²) in [6.07, 6.45) is 0. The fourth-order valence-corrected chi connectivity index (χ4v) is 1.40. The van der Waals surface area contributed by atoms with Crippen molar-refractivity contribution < 1.29 is 5.21 Å². The molecule has 4 heteroatoms. The van der Waals surface area contributed by atoms with Gasteiger partial charge in [-0.1, -0.05) is 0 Å². The summed E-state index contributed by atoms with van der Waals surface area (Å²) in [5, 5.41) is 21.1. The number of nitriles is 1. The van der Waals surface area contributed by atoms with E-state index in [2.05, 4.69) is 4.99 Å². The van der Waals surface area contributed by atoms with E-state index in [1.807, 2.05) is 6.07 Å². The minimum absolute atomic E-state index is 0.308. The van der Waals surface area contributed by atoms with E-state index in [0.717, 1.165) is 5.06 Å². The highest BCUT2D eigenvalue weighted by molar-refractivity contribution is 6.06. The molecule has 0 saturated heterocycles. The Hall–Kier alpha value is -0.920. The van der Waals surface area contributed by atoms with Crippen molar-refractivity contribution >= 4 is 5.71 Å². The second kappa shape index (κ2) is 2.28. The molecule has 1 heterocycles. The van der Waals surface area contributed by atoms with Crippen molar-refractivity contribution in [1.82, 2.24) is 5.06 Å². The number of aliphatic imine (C=N–C) groups is 1. The van der Waals surface area contributed by atoms with E-state index >= 15 is 0 Å². The molecule has 0 spiro atoms. The Labute approximate surface area is 72.1 Å². The Morgan fingerprint density at radius 2 is 1.92 bits per heavy atom. The van der Waals surface area contributed by atoms with Gasteiger partial charge in [0.2, 0.25) is 0 Å². The number of hydrogen-bond acceptors (Lipinski definition) is 3. The lowest BCUT2D eigenvalue weighted by molar-refractivity contribution is -0.240. The quantitative estimate of drug-likeness (QED) is 0.541. The molecule has 0 atom stereocenters. The van der Waals surface area contributed by atoms with Gasteiger partial charge >= 0.3 is 0 Å². The Kier molecular flexibility index (Phi) is 1.74. The zero-order valence-electron chi connectivity index (χ0n) is 7.75. The zero-order valence-corrected chi connectivity index (χ0v) is 7.75. The van der Waals surface area contributed by atoms with Crippen LogP contribution in [0.5, 0.6) is 0 Å². The SMILES string of the molecule is CC1(C)N=C(C#N)C(C)(C)N1[O]. The fraction of sp³-hybridized carbons (Fsp3) is 0.750. The minimum Gasteiger partial charge on any atom is -0.252 e. The van der Waals surface area contributed by atoms with E-state index < -0.39 is 11.2 Å². The second-order valence-corrected chi connectivity index (χ2v) is 3.92. The fourth-order valence-electron chi connectivity index (χ4n) is 1.40. The molecule has 12 heavy (non-hydrogen) atoms. The van der Waals surface area contributed by atoms with E-state index in [9.17, 15) is 5.21 Å². The van der Waals surface area contributed by atoms with E-state index in [0.29, 0.717) is 5.71 Å². The van der Waals surface area contributed by atoms with Gasteiger partial charge in [-0.25, -0.2) is 0 Å². The summed E-state index contributed by atoms with van der Waals surface area (Å²) in [5.74, 6) is 0. The lowest BCUT2D eigenvalue weighted by Crippen LogP contribution is -2.48. The highest BCUT2D eigenvalue weighted by Crippen LogP contribution is 2.32. The highest BCUT2D eigenvalue weighted by Gasteiger charge is 2.48. The van der Waals surface area contributed by atoms with Gasteiger partial charge in [-0.3, -0.25) is 4.99 Å². The smallest absolute Gasteiger partial charge is 0.136 e. The molecule has 65 valence electrons. The molecule has 0 bridgehead atoms. The molecule has 0 N–H and O–H groups in total. The van der Waals surface area contributed by atoms with Gasteiger partial charge in [0.1, 0.15) is 17.4 Å². The first-order valence-electron chi connectivity index (χ1n) is 3.80. The standard InChI is InChI=1S/C8H12N3O/c1-7(2)6(5-9)10-8(3,4)11(7)12/h1-4H3. The summed E-state index contributed by atoms with van der Waals surface area (Å²) in [5.41, 5.74) is -1.27. The Bertz CT molecular complexity index is 273. The monoisotopic (exact) mass is 166 g/mol. The van der Waals surface area contributed by atoms with Crippen LogP contribution in [0, 0.1) is 11.3 Å². The molecular weight excluding hydrogens is 154 g/mol. The Morgan fingerprint density at radius 1 is 1.42 bits per heavy atom. The molecule has 0 amide bonds. The van der Waals surface area contributed by atoms with E-state index in [1.54, 1.807) is 27.7 Å². The molecule has 0 unspecified atom stereocenters. The molecule has 1 radical (unpaired) electrons. The highest BCUT2D eigenvalue weighted by atomic mass is 16.5. The largest absolute Gasteiger partial charge is 0.252 e. The van der Waals surface area contributed by atoms with Gasteiger partial charge in [0.15, 0.2) is 0 Å². The summed E-state index contributed by atoms with van der Waals surface area (Å²) in [6, 6.07) is 1.95. The molecule has 0 aromatic rings. The Morgan fingerprint density at radius 3 is 2.08 bits per heavy atom. The van der Waals surface area contributed by atoms with Crippen LogP contribution in [0.1, 0.15) is 27.7 Å². The molecule has 1 aliphatic rings. The van der Waals surface area contributed by atoms with E-state index in [1.165, 1.54) is 0 Å². The van der Waals surface area contributed by atoms with Crippen LogP contribution in [0.3, 0.4) is 0 Å². The molecule has 0 aliphatic carbocycles. The molecule has 1 rings (SSSR count). The average molecular weight is 166 g/mol. The van der Waals surface area contributed by atoms with Crippen molar-refractivity contribution in [1.29, 1.82) is 5.26 Å². The van der Waals surface area contributed by atoms with Gasteiger partial charge in [0.25, 0.3) is 0 Å². The van der Waals surface area contributed by atoms with Crippen LogP contribution < -0.4 is 0 Å². The van der Waals surface area contributed by atoms with Gasteiger partial charge in [0, 0.05) is 0 Å². The van der Waals surface area contributed by atoms with Crippen molar-refractivity contribution in [2.24, 2.45) is 4.99 Å². The van der Waals surface area contributed by atoms with Gasteiger partial charge < -0.3 is 0 Å². The normalized spacial score (nSPS) is 26.5. The predicted octanol–water partition coefficient (Wildman–Crippen LogP) is 1.13. The number of hydroxylamine groups is 2. The summed E-state index contributed by atoms with van der Waals surface area (Å²) in [4.78, 5) is 4.04. The summed E-state index contributed by atoms with van der Waals surface area (Å²) < 4.78 is 0. The molecule has 4 nitrogen and oxygen atoms in total. The average Bonchev–Trinajstić information content (AvgIpc) is 2.11. The van der Waals surface area contributed by atoms with Crippen molar-refractivity contribution in [3.63, 3.8) is 0 Å². The first kappa shape index (κ1) is 9.17. The predicted molar refractivity (Wildman–Crippen MR) is 43.7 cm³/mol. The number of rotatable bonds is 0. The van der Waals surface area contributed by atoms with Crippen LogP contribution in [-0.2, 0) is 5.21 Å². The van der Waals surface area contributed by atoms with Crippen LogP contribution in [0.15, 0.2) is 4.99 Å². The number of nitrogens with zero attached hydrogens (tertiary/aromatic N) is 3.